The van der Waals surface area contributed by atoms with Crippen LogP contribution in [-0.2, 0) is 23.3 Å². The summed E-state index contributed by atoms with van der Waals surface area (Å²) in [6, 6.07) is 3.75. The van der Waals surface area contributed by atoms with Crippen LogP contribution in [0.4, 0.5) is 11.4 Å². The summed E-state index contributed by atoms with van der Waals surface area (Å²) in [5, 5.41) is 13.8. The first kappa shape index (κ1) is 16.0. The van der Waals surface area contributed by atoms with E-state index in [1.165, 1.54) is 12.1 Å². The molecular formula is C13H16N4O4S. The predicted molar refractivity (Wildman–Crippen MR) is 81.6 cm³/mol. The van der Waals surface area contributed by atoms with Crippen LogP contribution in [-0.4, -0.2) is 35.7 Å². The van der Waals surface area contributed by atoms with E-state index in [-0.39, 0.29) is 10.6 Å². The molecule has 118 valence electrons. The molecule has 0 saturated heterocycles. The predicted octanol–water partition coefficient (Wildman–Crippen LogP) is 1.39. The van der Waals surface area contributed by atoms with Gasteiger partial charge in [-0.3, -0.25) is 10.1 Å². The van der Waals surface area contributed by atoms with Crippen molar-refractivity contribution in [3.8, 4) is 0 Å². The molecule has 8 nitrogen and oxygen atoms in total. The van der Waals surface area contributed by atoms with E-state index < -0.39 is 14.8 Å². The number of rotatable bonds is 6. The van der Waals surface area contributed by atoms with Crippen molar-refractivity contribution < 1.29 is 13.3 Å². The van der Waals surface area contributed by atoms with Crippen molar-refractivity contribution in [2.75, 3.05) is 18.1 Å². The van der Waals surface area contributed by atoms with Crippen LogP contribution < -0.4 is 5.32 Å². The molecule has 0 aliphatic rings. The number of aromatic nitrogens is 2. The minimum atomic E-state index is -3.57. The molecule has 0 bridgehead atoms. The monoisotopic (exact) mass is 324 g/mol. The Kier molecular flexibility index (Phi) is 4.45. The zero-order valence-electron chi connectivity index (χ0n) is 12.2. The smallest absolute Gasteiger partial charge is 0.270 e. The van der Waals surface area contributed by atoms with Crippen molar-refractivity contribution in [3.05, 3.63) is 46.5 Å². The standard InChI is InChI=1S/C13H16N4O4S/c1-16-8-7-15-13(16)5-6-14-11-4-3-10(17(18)19)9-12(11)22(2,20)21/h3-4,7-9,14H,5-6H2,1-2H3. The van der Waals surface area contributed by atoms with Crippen molar-refractivity contribution in [3.63, 3.8) is 0 Å². The van der Waals surface area contributed by atoms with Crippen molar-refractivity contribution in [2.24, 2.45) is 7.05 Å². The summed E-state index contributed by atoms with van der Waals surface area (Å²) in [7, 11) is -1.70. The molecule has 1 N–H and O–H groups in total. The molecule has 0 spiro atoms. The highest BCUT2D eigenvalue weighted by molar-refractivity contribution is 7.90. The number of nitro groups is 1. The van der Waals surface area contributed by atoms with E-state index in [4.69, 9.17) is 0 Å². The van der Waals surface area contributed by atoms with Crippen LogP contribution >= 0.6 is 0 Å². The van der Waals surface area contributed by atoms with Crippen LogP contribution in [0.5, 0.6) is 0 Å². The Morgan fingerprint density at radius 3 is 2.68 bits per heavy atom. The van der Waals surface area contributed by atoms with Crippen LogP contribution in [0.15, 0.2) is 35.5 Å². The number of aryl methyl sites for hydroxylation is 1. The molecule has 1 aromatic heterocycles. The lowest BCUT2D eigenvalue weighted by Crippen LogP contribution is -2.11. The van der Waals surface area contributed by atoms with E-state index in [1.54, 1.807) is 6.20 Å². The Hall–Kier alpha value is -2.42. The van der Waals surface area contributed by atoms with Crippen LogP contribution in [0.3, 0.4) is 0 Å². The fourth-order valence-electron chi connectivity index (χ4n) is 2.02. The van der Waals surface area contributed by atoms with E-state index in [1.807, 2.05) is 17.8 Å². The van der Waals surface area contributed by atoms with E-state index in [9.17, 15) is 18.5 Å². The number of nitrogens with zero attached hydrogens (tertiary/aromatic N) is 3. The largest absolute Gasteiger partial charge is 0.384 e. The van der Waals surface area contributed by atoms with Crippen molar-refractivity contribution >= 4 is 21.2 Å². The number of hydrogen-bond acceptors (Lipinski definition) is 6. The molecule has 1 heterocycles. The summed E-state index contributed by atoms with van der Waals surface area (Å²) in [5.41, 5.74) is 0.0948. The number of anilines is 1. The molecule has 0 aliphatic heterocycles. The molecular weight excluding hydrogens is 308 g/mol. The summed E-state index contributed by atoms with van der Waals surface area (Å²) in [6.07, 6.45) is 5.13. The Morgan fingerprint density at radius 1 is 1.41 bits per heavy atom. The molecule has 0 aliphatic carbocycles. The minimum Gasteiger partial charge on any atom is -0.384 e. The molecule has 2 aromatic rings. The summed E-state index contributed by atoms with van der Waals surface area (Å²) >= 11 is 0. The molecule has 0 saturated carbocycles. The molecule has 9 heteroatoms. The number of sulfone groups is 1. The van der Waals surface area contributed by atoms with Gasteiger partial charge in [0.15, 0.2) is 9.84 Å². The summed E-state index contributed by atoms with van der Waals surface area (Å²) in [5.74, 6) is 0.857. The third-order valence-electron chi connectivity index (χ3n) is 3.16. The molecule has 0 unspecified atom stereocenters. The number of hydrogen-bond donors (Lipinski definition) is 1. The molecule has 2 rings (SSSR count). The zero-order chi connectivity index (χ0) is 16.3. The number of benzene rings is 1. The lowest BCUT2D eigenvalue weighted by molar-refractivity contribution is -0.385. The minimum absolute atomic E-state index is 0.0819. The van der Waals surface area contributed by atoms with Gasteiger partial charge in [0, 0.05) is 50.8 Å². The Bertz CT molecular complexity index is 798. The van der Waals surface area contributed by atoms with Crippen LogP contribution in [0.1, 0.15) is 5.82 Å². The van der Waals surface area contributed by atoms with Gasteiger partial charge in [0.25, 0.3) is 5.69 Å². The van der Waals surface area contributed by atoms with Crippen molar-refractivity contribution in [1.29, 1.82) is 0 Å². The quantitative estimate of drug-likeness (QED) is 0.635. The van der Waals surface area contributed by atoms with E-state index in [2.05, 4.69) is 10.3 Å². The average Bonchev–Trinajstić information content (AvgIpc) is 2.83. The van der Waals surface area contributed by atoms with E-state index in [0.717, 1.165) is 18.1 Å². The van der Waals surface area contributed by atoms with Gasteiger partial charge in [0.05, 0.1) is 15.5 Å². The second-order valence-corrected chi connectivity index (χ2v) is 6.83. The molecule has 0 fully saturated rings. The summed E-state index contributed by atoms with van der Waals surface area (Å²) in [6.45, 7) is 0.463. The molecule has 22 heavy (non-hydrogen) atoms. The van der Waals surface area contributed by atoms with Gasteiger partial charge in [-0.15, -0.1) is 0 Å². The topological polar surface area (TPSA) is 107 Å². The molecule has 0 radical (unpaired) electrons. The van der Waals surface area contributed by atoms with Gasteiger partial charge >= 0.3 is 0 Å². The number of nitro benzene ring substituents is 1. The lowest BCUT2D eigenvalue weighted by atomic mass is 10.2. The van der Waals surface area contributed by atoms with Gasteiger partial charge < -0.3 is 9.88 Å². The van der Waals surface area contributed by atoms with Gasteiger partial charge in [-0.25, -0.2) is 13.4 Å². The first-order valence-electron chi connectivity index (χ1n) is 6.47. The zero-order valence-corrected chi connectivity index (χ0v) is 13.0. The van der Waals surface area contributed by atoms with E-state index >= 15 is 0 Å². The second kappa shape index (κ2) is 6.14. The van der Waals surface area contributed by atoms with Crippen LogP contribution in [0, 0.1) is 10.1 Å². The van der Waals surface area contributed by atoms with Crippen molar-refractivity contribution in [2.45, 2.75) is 11.3 Å². The van der Waals surface area contributed by atoms with Gasteiger partial charge in [0.2, 0.25) is 0 Å². The summed E-state index contributed by atoms with van der Waals surface area (Å²) in [4.78, 5) is 14.2. The van der Waals surface area contributed by atoms with Gasteiger partial charge in [-0.2, -0.15) is 0 Å². The highest BCUT2D eigenvalue weighted by Gasteiger charge is 2.18. The maximum Gasteiger partial charge on any atom is 0.270 e. The lowest BCUT2D eigenvalue weighted by Gasteiger charge is -2.10. The maximum absolute atomic E-state index is 11.8. The van der Waals surface area contributed by atoms with Gasteiger partial charge in [-0.1, -0.05) is 0 Å². The normalized spacial score (nSPS) is 11.4. The Morgan fingerprint density at radius 2 is 2.14 bits per heavy atom. The highest BCUT2D eigenvalue weighted by Crippen LogP contribution is 2.26. The molecule has 0 amide bonds. The number of nitrogens with one attached hydrogen (secondary N) is 1. The molecule has 0 atom stereocenters. The maximum atomic E-state index is 11.8. The fraction of sp³-hybridized carbons (Fsp3) is 0.308. The third kappa shape index (κ3) is 3.61. The first-order valence-corrected chi connectivity index (χ1v) is 8.37. The van der Waals surface area contributed by atoms with E-state index in [0.29, 0.717) is 18.7 Å². The highest BCUT2D eigenvalue weighted by atomic mass is 32.2. The second-order valence-electron chi connectivity index (χ2n) is 4.84. The first-order chi connectivity index (χ1) is 10.3. The fourth-order valence-corrected chi connectivity index (χ4v) is 2.90. The number of non-ortho nitro benzene ring substituents is 1. The molecule has 1 aromatic carbocycles. The van der Waals surface area contributed by atoms with Crippen molar-refractivity contribution in [1.82, 2.24) is 9.55 Å². The number of imidazole rings is 1. The SMILES string of the molecule is Cn1ccnc1CCNc1ccc([N+](=O)[O-])cc1S(C)(=O)=O. The third-order valence-corrected chi connectivity index (χ3v) is 4.30. The Labute approximate surface area is 127 Å². The summed E-state index contributed by atoms with van der Waals surface area (Å²) < 4.78 is 25.5. The Balaban J connectivity index is 2.20. The van der Waals surface area contributed by atoms with Crippen LogP contribution in [0.2, 0.25) is 0 Å². The van der Waals surface area contributed by atoms with Crippen LogP contribution in [0.25, 0.3) is 0 Å². The van der Waals surface area contributed by atoms with Gasteiger partial charge in [0.1, 0.15) is 5.82 Å². The van der Waals surface area contributed by atoms with Gasteiger partial charge in [-0.05, 0) is 6.07 Å². The average molecular weight is 324 g/mol.